The van der Waals surface area contributed by atoms with Gasteiger partial charge >= 0.3 is 0 Å². The van der Waals surface area contributed by atoms with E-state index in [4.69, 9.17) is 9.15 Å². The maximum Gasteiger partial charge on any atom is 0.191 e. The molecule has 8 heteroatoms. The monoisotopic (exact) mass is 477 g/mol. The van der Waals surface area contributed by atoms with Crippen LogP contribution in [0.5, 0.6) is 5.75 Å². The summed E-state index contributed by atoms with van der Waals surface area (Å²) in [5.41, 5.74) is -0.459. The third-order valence-electron chi connectivity index (χ3n) is 3.63. The van der Waals surface area contributed by atoms with Crippen LogP contribution in [0.25, 0.3) is 0 Å². The van der Waals surface area contributed by atoms with Gasteiger partial charge in [-0.1, -0.05) is 6.07 Å². The molecule has 0 spiro atoms. The second-order valence-corrected chi connectivity index (χ2v) is 5.77. The predicted molar refractivity (Wildman–Crippen MR) is 109 cm³/mol. The van der Waals surface area contributed by atoms with E-state index in [2.05, 4.69) is 15.6 Å². The number of halogens is 2. The quantitative estimate of drug-likeness (QED) is 0.325. The number of rotatable bonds is 7. The van der Waals surface area contributed by atoms with Crippen molar-refractivity contribution in [3.8, 4) is 5.75 Å². The van der Waals surface area contributed by atoms with Crippen molar-refractivity contribution in [3.63, 3.8) is 0 Å². The minimum absolute atomic E-state index is 0. The van der Waals surface area contributed by atoms with Crippen LogP contribution in [0.4, 0.5) is 4.39 Å². The smallest absolute Gasteiger partial charge is 0.191 e. The largest absolute Gasteiger partial charge is 0.494 e. The van der Waals surface area contributed by atoms with Gasteiger partial charge in [-0.05, 0) is 43.7 Å². The lowest BCUT2D eigenvalue weighted by atomic mass is 10.0. The SMILES string of the molecule is CCNC(=NCc1ccc(OC)c(F)c1)NCC(C)(O)c1ccco1.I. The topological polar surface area (TPSA) is 79.0 Å². The average molecular weight is 477 g/mol. The minimum Gasteiger partial charge on any atom is -0.494 e. The Kier molecular flexibility index (Phi) is 8.86. The van der Waals surface area contributed by atoms with Crippen LogP contribution in [0.1, 0.15) is 25.2 Å². The van der Waals surface area contributed by atoms with E-state index in [1.165, 1.54) is 19.4 Å². The molecule has 144 valence electrons. The second-order valence-electron chi connectivity index (χ2n) is 5.77. The van der Waals surface area contributed by atoms with Crippen molar-refractivity contribution in [1.29, 1.82) is 0 Å². The van der Waals surface area contributed by atoms with Crippen LogP contribution in [-0.2, 0) is 12.1 Å². The standard InChI is InChI=1S/C18H24FN3O3.HI/c1-4-20-17(22-12-18(2,23)16-6-5-9-25-16)21-11-13-7-8-15(24-3)14(19)10-13;/h5-10,23H,4,11-12H2,1-3H3,(H2,20,21,22);1H. The highest BCUT2D eigenvalue weighted by Crippen LogP contribution is 2.20. The summed E-state index contributed by atoms with van der Waals surface area (Å²) in [6, 6.07) is 8.16. The van der Waals surface area contributed by atoms with Gasteiger partial charge in [0.15, 0.2) is 17.5 Å². The molecule has 0 bridgehead atoms. The third-order valence-corrected chi connectivity index (χ3v) is 3.63. The summed E-state index contributed by atoms with van der Waals surface area (Å²) in [4.78, 5) is 4.41. The molecule has 0 amide bonds. The Morgan fingerprint density at radius 1 is 1.35 bits per heavy atom. The highest BCUT2D eigenvalue weighted by atomic mass is 127. The first kappa shape index (κ1) is 22.2. The molecule has 1 aromatic heterocycles. The molecule has 0 saturated carbocycles. The fraction of sp³-hybridized carbons (Fsp3) is 0.389. The summed E-state index contributed by atoms with van der Waals surface area (Å²) in [6.45, 7) is 4.75. The number of furan rings is 1. The summed E-state index contributed by atoms with van der Waals surface area (Å²) < 4.78 is 23.9. The van der Waals surface area contributed by atoms with Crippen LogP contribution >= 0.6 is 24.0 Å². The summed E-state index contributed by atoms with van der Waals surface area (Å²) in [5, 5.41) is 16.6. The first-order valence-electron chi connectivity index (χ1n) is 8.07. The lowest BCUT2D eigenvalue weighted by Gasteiger charge is -2.22. The van der Waals surface area contributed by atoms with Gasteiger partial charge in [0.05, 0.1) is 26.5 Å². The van der Waals surface area contributed by atoms with E-state index in [9.17, 15) is 9.50 Å². The first-order chi connectivity index (χ1) is 12.0. The highest BCUT2D eigenvalue weighted by molar-refractivity contribution is 14.0. The number of aliphatic imine (C=N–C) groups is 1. The minimum atomic E-state index is -1.17. The van der Waals surface area contributed by atoms with E-state index >= 15 is 0 Å². The molecule has 2 rings (SSSR count). The zero-order valence-electron chi connectivity index (χ0n) is 15.1. The van der Waals surface area contributed by atoms with E-state index < -0.39 is 11.4 Å². The van der Waals surface area contributed by atoms with E-state index in [1.54, 1.807) is 31.2 Å². The second kappa shape index (κ2) is 10.4. The number of hydrogen-bond donors (Lipinski definition) is 3. The molecule has 6 nitrogen and oxygen atoms in total. The van der Waals surface area contributed by atoms with Crippen molar-refractivity contribution in [2.24, 2.45) is 4.99 Å². The van der Waals surface area contributed by atoms with Crippen molar-refractivity contribution in [1.82, 2.24) is 10.6 Å². The van der Waals surface area contributed by atoms with Gasteiger partial charge in [-0.3, -0.25) is 0 Å². The number of guanidine groups is 1. The third kappa shape index (κ3) is 6.17. The van der Waals surface area contributed by atoms with Gasteiger partial charge in [-0.2, -0.15) is 0 Å². The van der Waals surface area contributed by atoms with E-state index in [0.717, 1.165) is 0 Å². The van der Waals surface area contributed by atoms with Crippen LogP contribution < -0.4 is 15.4 Å². The molecular formula is C18H25FIN3O3. The molecule has 26 heavy (non-hydrogen) atoms. The Morgan fingerprint density at radius 3 is 2.69 bits per heavy atom. The van der Waals surface area contributed by atoms with Crippen molar-refractivity contribution in [2.45, 2.75) is 26.0 Å². The number of ether oxygens (including phenoxy) is 1. The number of hydrogen-bond acceptors (Lipinski definition) is 4. The fourth-order valence-electron chi connectivity index (χ4n) is 2.25. The normalized spacial score (nSPS) is 13.5. The highest BCUT2D eigenvalue weighted by Gasteiger charge is 2.26. The lowest BCUT2D eigenvalue weighted by Crippen LogP contribution is -2.44. The van der Waals surface area contributed by atoms with Gasteiger partial charge in [0.1, 0.15) is 11.4 Å². The van der Waals surface area contributed by atoms with Crippen LogP contribution in [0, 0.1) is 5.82 Å². The van der Waals surface area contributed by atoms with Crippen LogP contribution in [-0.4, -0.2) is 31.3 Å². The average Bonchev–Trinajstić information content (AvgIpc) is 3.13. The van der Waals surface area contributed by atoms with Crippen molar-refractivity contribution < 1.29 is 18.7 Å². The first-order valence-corrected chi connectivity index (χ1v) is 8.07. The van der Waals surface area contributed by atoms with Crippen molar-refractivity contribution in [2.75, 3.05) is 20.2 Å². The Bertz CT molecular complexity index is 706. The molecule has 1 unspecified atom stereocenters. The Morgan fingerprint density at radius 2 is 2.12 bits per heavy atom. The van der Waals surface area contributed by atoms with Crippen LogP contribution in [0.2, 0.25) is 0 Å². The zero-order valence-corrected chi connectivity index (χ0v) is 17.4. The molecule has 0 radical (unpaired) electrons. The summed E-state index contributed by atoms with van der Waals surface area (Å²) >= 11 is 0. The molecule has 1 aromatic carbocycles. The van der Waals surface area contributed by atoms with E-state index in [-0.39, 0.29) is 36.3 Å². The predicted octanol–water partition coefficient (Wildman–Crippen LogP) is 3.01. The fourth-order valence-corrected chi connectivity index (χ4v) is 2.25. The molecule has 0 aliphatic rings. The van der Waals surface area contributed by atoms with Gasteiger partial charge in [-0.25, -0.2) is 9.38 Å². The van der Waals surface area contributed by atoms with Gasteiger partial charge in [0, 0.05) is 6.54 Å². The molecule has 0 aliphatic carbocycles. The number of nitrogens with one attached hydrogen (secondary N) is 2. The zero-order chi connectivity index (χ0) is 18.3. The Balaban J connectivity index is 0.00000338. The summed E-state index contributed by atoms with van der Waals surface area (Å²) in [5.74, 6) is 0.764. The Hall–Kier alpha value is -1.81. The molecule has 0 fully saturated rings. The molecule has 0 aliphatic heterocycles. The summed E-state index contributed by atoms with van der Waals surface area (Å²) in [7, 11) is 1.42. The molecule has 0 saturated heterocycles. The van der Waals surface area contributed by atoms with Crippen molar-refractivity contribution in [3.05, 3.63) is 53.7 Å². The maximum atomic E-state index is 13.7. The van der Waals surface area contributed by atoms with Gasteiger partial charge < -0.3 is 24.9 Å². The van der Waals surface area contributed by atoms with Crippen LogP contribution in [0.3, 0.4) is 0 Å². The van der Waals surface area contributed by atoms with Crippen molar-refractivity contribution >= 4 is 29.9 Å². The van der Waals surface area contributed by atoms with Gasteiger partial charge in [-0.15, -0.1) is 24.0 Å². The van der Waals surface area contributed by atoms with Gasteiger partial charge in [0.25, 0.3) is 0 Å². The molecule has 3 N–H and O–H groups in total. The maximum absolute atomic E-state index is 13.7. The van der Waals surface area contributed by atoms with E-state index in [0.29, 0.717) is 30.4 Å². The molecular weight excluding hydrogens is 452 g/mol. The van der Waals surface area contributed by atoms with E-state index in [1.807, 2.05) is 6.92 Å². The number of aliphatic hydroxyl groups is 1. The van der Waals surface area contributed by atoms with Gasteiger partial charge in [0.2, 0.25) is 0 Å². The molecule has 1 heterocycles. The Labute approximate surface area is 169 Å². The molecule has 2 aromatic rings. The number of benzene rings is 1. The summed E-state index contributed by atoms with van der Waals surface area (Å²) in [6.07, 6.45) is 1.52. The number of nitrogens with zero attached hydrogens (tertiary/aromatic N) is 1. The lowest BCUT2D eigenvalue weighted by molar-refractivity contribution is 0.0386. The molecule has 1 atom stereocenters. The number of methoxy groups -OCH3 is 1. The van der Waals surface area contributed by atoms with Crippen LogP contribution in [0.15, 0.2) is 46.0 Å².